The van der Waals surface area contributed by atoms with Gasteiger partial charge in [0.15, 0.2) is 0 Å². The molecule has 0 unspecified atom stereocenters. The number of aromatic nitrogens is 1. The van der Waals surface area contributed by atoms with Crippen LogP contribution in [0.15, 0.2) is 72.9 Å². The normalized spacial score (nSPS) is 11.1. The van der Waals surface area contributed by atoms with E-state index >= 15 is 0 Å². The molecule has 0 bridgehead atoms. The molecule has 2 aromatic heterocycles. The number of anilines is 3. The van der Waals surface area contributed by atoms with Crippen LogP contribution in [0, 0.1) is 0 Å². The Balaban J connectivity index is 2.06. The second kappa shape index (κ2) is 6.52. The summed E-state index contributed by atoms with van der Waals surface area (Å²) in [5.74, 6) is 0. The van der Waals surface area contributed by atoms with Gasteiger partial charge in [-0.25, -0.2) is 0 Å². The van der Waals surface area contributed by atoms with E-state index in [1.807, 2.05) is 6.07 Å². The maximum Gasteiger partial charge on any atom is 0.0873 e. The van der Waals surface area contributed by atoms with Crippen molar-refractivity contribution in [2.45, 2.75) is 13.8 Å². The molecule has 3 heteroatoms. The van der Waals surface area contributed by atoms with Crippen molar-refractivity contribution in [3.05, 3.63) is 72.9 Å². The molecule has 25 heavy (non-hydrogen) atoms. The molecular weight excluding hydrogens is 306 g/mol. The van der Waals surface area contributed by atoms with E-state index in [-0.39, 0.29) is 0 Å². The van der Waals surface area contributed by atoms with E-state index in [2.05, 4.69) is 95.3 Å². The standard InChI is InChI=1S/C22H23N3/c1-3-24(4-2)22-18-13-8-9-14-19(18)25-16-10-15-20(25)21(22)23-17-11-6-5-7-12-17/h5-16,23H,3-4H2,1-2H3. The molecule has 0 saturated heterocycles. The summed E-state index contributed by atoms with van der Waals surface area (Å²) >= 11 is 0. The molecule has 0 radical (unpaired) electrons. The molecule has 2 heterocycles. The van der Waals surface area contributed by atoms with Gasteiger partial charge in [0.25, 0.3) is 0 Å². The number of pyridine rings is 1. The third kappa shape index (κ3) is 2.62. The van der Waals surface area contributed by atoms with E-state index in [1.165, 1.54) is 27.8 Å². The molecular formula is C22H23N3. The van der Waals surface area contributed by atoms with Gasteiger partial charge in [0.1, 0.15) is 0 Å². The molecule has 0 aliphatic carbocycles. The average Bonchev–Trinajstić information content (AvgIpc) is 3.15. The number of nitrogens with one attached hydrogen (secondary N) is 1. The van der Waals surface area contributed by atoms with Crippen LogP contribution >= 0.6 is 0 Å². The molecule has 0 aliphatic rings. The van der Waals surface area contributed by atoms with Crippen molar-refractivity contribution in [3.8, 4) is 0 Å². The number of para-hydroxylation sites is 2. The second-order valence-corrected chi connectivity index (χ2v) is 6.17. The van der Waals surface area contributed by atoms with Gasteiger partial charge >= 0.3 is 0 Å². The van der Waals surface area contributed by atoms with Gasteiger partial charge < -0.3 is 14.6 Å². The minimum atomic E-state index is 0.973. The van der Waals surface area contributed by atoms with Crippen LogP contribution in [0.5, 0.6) is 0 Å². The summed E-state index contributed by atoms with van der Waals surface area (Å²) < 4.78 is 2.27. The maximum atomic E-state index is 3.68. The van der Waals surface area contributed by atoms with Crippen LogP contribution in [0.3, 0.4) is 0 Å². The van der Waals surface area contributed by atoms with E-state index in [0.29, 0.717) is 0 Å². The molecule has 0 aliphatic heterocycles. The monoisotopic (exact) mass is 329 g/mol. The summed E-state index contributed by atoms with van der Waals surface area (Å²) in [4.78, 5) is 2.43. The Bertz CT molecular complexity index is 998. The van der Waals surface area contributed by atoms with Gasteiger partial charge in [-0.15, -0.1) is 0 Å². The fraction of sp³-hybridized carbons (Fsp3) is 0.182. The van der Waals surface area contributed by atoms with E-state index in [4.69, 9.17) is 0 Å². The lowest BCUT2D eigenvalue weighted by molar-refractivity contribution is 0.871. The fourth-order valence-corrected chi connectivity index (χ4v) is 3.59. The lowest BCUT2D eigenvalue weighted by Gasteiger charge is -2.27. The summed E-state index contributed by atoms with van der Waals surface area (Å²) in [5.41, 5.74) is 5.98. The highest BCUT2D eigenvalue weighted by molar-refractivity contribution is 6.06. The predicted octanol–water partition coefficient (Wildman–Crippen LogP) is 5.68. The van der Waals surface area contributed by atoms with Gasteiger partial charge in [-0.2, -0.15) is 0 Å². The molecule has 0 atom stereocenters. The highest BCUT2D eigenvalue weighted by Gasteiger charge is 2.18. The fourth-order valence-electron chi connectivity index (χ4n) is 3.59. The number of nitrogens with zero attached hydrogens (tertiary/aromatic N) is 2. The van der Waals surface area contributed by atoms with Crippen molar-refractivity contribution < 1.29 is 0 Å². The van der Waals surface area contributed by atoms with Crippen molar-refractivity contribution >= 4 is 33.5 Å². The van der Waals surface area contributed by atoms with Gasteiger partial charge in [0.2, 0.25) is 0 Å². The van der Waals surface area contributed by atoms with Crippen molar-refractivity contribution in [1.29, 1.82) is 0 Å². The summed E-state index contributed by atoms with van der Waals surface area (Å²) in [6, 6.07) is 23.3. The van der Waals surface area contributed by atoms with Crippen molar-refractivity contribution in [2.24, 2.45) is 0 Å². The molecule has 4 rings (SSSR count). The third-order valence-corrected chi connectivity index (χ3v) is 4.78. The molecule has 0 fully saturated rings. The van der Waals surface area contributed by atoms with Crippen LogP contribution in [-0.4, -0.2) is 17.5 Å². The second-order valence-electron chi connectivity index (χ2n) is 6.17. The van der Waals surface area contributed by atoms with E-state index in [0.717, 1.165) is 18.8 Å². The van der Waals surface area contributed by atoms with E-state index in [9.17, 15) is 0 Å². The Kier molecular flexibility index (Phi) is 4.06. The summed E-state index contributed by atoms with van der Waals surface area (Å²) in [6.45, 7) is 6.38. The first-order chi connectivity index (χ1) is 12.3. The quantitative estimate of drug-likeness (QED) is 0.508. The average molecular weight is 329 g/mol. The molecule has 0 saturated carbocycles. The first-order valence-electron chi connectivity index (χ1n) is 8.92. The Morgan fingerprint density at radius 3 is 2.24 bits per heavy atom. The molecule has 2 aromatic carbocycles. The first-order valence-corrected chi connectivity index (χ1v) is 8.92. The van der Waals surface area contributed by atoms with Gasteiger partial charge in [0.05, 0.1) is 22.4 Å². The first kappa shape index (κ1) is 15.6. The van der Waals surface area contributed by atoms with E-state index < -0.39 is 0 Å². The minimum Gasteiger partial charge on any atom is -0.370 e. The largest absolute Gasteiger partial charge is 0.370 e. The van der Waals surface area contributed by atoms with Gasteiger partial charge in [0, 0.05) is 30.4 Å². The minimum absolute atomic E-state index is 0.973. The summed E-state index contributed by atoms with van der Waals surface area (Å²) in [5, 5.41) is 4.95. The number of benzene rings is 2. The number of hydrogen-bond acceptors (Lipinski definition) is 2. The molecule has 4 aromatic rings. The van der Waals surface area contributed by atoms with E-state index in [1.54, 1.807) is 0 Å². The lowest BCUT2D eigenvalue weighted by atomic mass is 10.1. The van der Waals surface area contributed by atoms with Crippen LogP contribution < -0.4 is 10.2 Å². The topological polar surface area (TPSA) is 19.7 Å². The molecule has 0 spiro atoms. The molecule has 0 amide bonds. The highest BCUT2D eigenvalue weighted by atomic mass is 15.1. The Morgan fingerprint density at radius 1 is 0.800 bits per heavy atom. The van der Waals surface area contributed by atoms with Gasteiger partial charge in [-0.3, -0.25) is 0 Å². The smallest absolute Gasteiger partial charge is 0.0873 e. The number of hydrogen-bond donors (Lipinski definition) is 1. The Morgan fingerprint density at radius 2 is 1.48 bits per heavy atom. The van der Waals surface area contributed by atoms with Gasteiger partial charge in [-0.05, 0) is 44.2 Å². The van der Waals surface area contributed by atoms with Crippen molar-refractivity contribution in [2.75, 3.05) is 23.3 Å². The van der Waals surface area contributed by atoms with Crippen LogP contribution in [-0.2, 0) is 0 Å². The lowest BCUT2D eigenvalue weighted by Crippen LogP contribution is -2.23. The SMILES string of the molecule is CCN(CC)c1c(Nc2ccccc2)c2cccn2c2ccccc12. The zero-order valence-electron chi connectivity index (χ0n) is 14.7. The molecule has 1 N–H and O–H groups in total. The van der Waals surface area contributed by atoms with Crippen LogP contribution in [0.25, 0.3) is 16.4 Å². The Hall–Kier alpha value is -2.94. The number of rotatable bonds is 5. The summed E-state index contributed by atoms with van der Waals surface area (Å²) in [6.07, 6.45) is 2.14. The maximum absolute atomic E-state index is 3.68. The number of fused-ring (bicyclic) bond motifs is 3. The van der Waals surface area contributed by atoms with Gasteiger partial charge in [-0.1, -0.05) is 36.4 Å². The van der Waals surface area contributed by atoms with Crippen molar-refractivity contribution in [1.82, 2.24) is 4.40 Å². The van der Waals surface area contributed by atoms with Crippen molar-refractivity contribution in [3.63, 3.8) is 0 Å². The molecule has 3 nitrogen and oxygen atoms in total. The van der Waals surface area contributed by atoms with Crippen LogP contribution in [0.4, 0.5) is 17.1 Å². The zero-order valence-corrected chi connectivity index (χ0v) is 14.7. The molecule has 126 valence electrons. The zero-order chi connectivity index (χ0) is 17.2. The van der Waals surface area contributed by atoms with Crippen LogP contribution in [0.1, 0.15) is 13.8 Å². The predicted molar refractivity (Wildman–Crippen MR) is 108 cm³/mol. The Labute approximate surface area is 148 Å². The third-order valence-electron chi connectivity index (χ3n) is 4.78. The summed E-state index contributed by atoms with van der Waals surface area (Å²) in [7, 11) is 0. The van der Waals surface area contributed by atoms with Crippen LogP contribution in [0.2, 0.25) is 0 Å². The highest BCUT2D eigenvalue weighted by Crippen LogP contribution is 2.40.